The van der Waals surface area contributed by atoms with Crippen molar-refractivity contribution in [3.63, 3.8) is 0 Å². The zero-order chi connectivity index (χ0) is 10.6. The highest BCUT2D eigenvalue weighted by Gasteiger charge is 2.43. The van der Waals surface area contributed by atoms with E-state index in [0.717, 1.165) is 32.1 Å². The highest BCUT2D eigenvalue weighted by molar-refractivity contribution is 5.79. The van der Waals surface area contributed by atoms with E-state index in [9.17, 15) is 9.90 Å². The van der Waals surface area contributed by atoms with Crippen molar-refractivity contribution in [3.05, 3.63) is 13.2 Å². The second kappa shape index (κ2) is 4.74. The summed E-state index contributed by atoms with van der Waals surface area (Å²) in [6.07, 6.45) is 6.41. The molecule has 1 spiro atoms. The van der Waals surface area contributed by atoms with Crippen LogP contribution in [0.4, 0.5) is 0 Å². The lowest BCUT2D eigenvalue weighted by atomic mass is 9.71. The van der Waals surface area contributed by atoms with Gasteiger partial charge in [-0.25, -0.2) is 0 Å². The lowest BCUT2D eigenvalue weighted by Gasteiger charge is -2.35. The molecule has 2 nitrogen and oxygen atoms in total. The van der Waals surface area contributed by atoms with Gasteiger partial charge in [-0.1, -0.05) is 6.42 Å². The molecule has 0 aromatic heterocycles. The van der Waals surface area contributed by atoms with Crippen LogP contribution in [0.15, 0.2) is 13.2 Å². The summed E-state index contributed by atoms with van der Waals surface area (Å²) in [5.74, 6) is 0.389. The molecule has 1 N–H and O–H groups in total. The number of ketones is 1. The molecule has 2 fully saturated rings. The van der Waals surface area contributed by atoms with E-state index < -0.39 is 0 Å². The summed E-state index contributed by atoms with van der Waals surface area (Å²) in [6.45, 7) is 6.00. The lowest BCUT2D eigenvalue weighted by molar-refractivity contribution is -0.123. The van der Waals surface area contributed by atoms with Crippen molar-refractivity contribution in [3.8, 4) is 0 Å². The Bertz CT molecular complexity index is 200. The summed E-state index contributed by atoms with van der Waals surface area (Å²) in [4.78, 5) is 11.0. The van der Waals surface area contributed by atoms with Gasteiger partial charge in [-0.05, 0) is 31.1 Å². The number of aliphatic hydroxyl groups excluding tert-OH is 1. The van der Waals surface area contributed by atoms with Crippen LogP contribution < -0.4 is 0 Å². The zero-order valence-corrected chi connectivity index (χ0v) is 8.80. The van der Waals surface area contributed by atoms with E-state index >= 15 is 0 Å². The normalized spacial score (nSPS) is 29.8. The molecule has 80 valence electrons. The Morgan fingerprint density at radius 2 is 1.79 bits per heavy atom. The molecule has 1 unspecified atom stereocenters. The van der Waals surface area contributed by atoms with Crippen molar-refractivity contribution in [2.24, 2.45) is 5.41 Å². The summed E-state index contributed by atoms with van der Waals surface area (Å²) in [6, 6.07) is 0. The molecule has 0 heterocycles. The number of carbonyl (C=O) groups is 1. The second-order valence-corrected chi connectivity index (χ2v) is 4.31. The molecule has 0 amide bonds. The Kier molecular flexibility index (Phi) is 3.87. The minimum Gasteiger partial charge on any atom is -0.393 e. The quantitative estimate of drug-likeness (QED) is 0.604. The summed E-state index contributed by atoms with van der Waals surface area (Å²) in [5, 5.41) is 9.78. The van der Waals surface area contributed by atoms with Crippen molar-refractivity contribution < 1.29 is 9.90 Å². The number of aliphatic hydroxyl groups is 1. The molecule has 0 radical (unpaired) electrons. The van der Waals surface area contributed by atoms with E-state index in [0.29, 0.717) is 18.6 Å². The molecule has 2 aliphatic carbocycles. The topological polar surface area (TPSA) is 37.3 Å². The molecular formula is C12H20O2. The van der Waals surface area contributed by atoms with Gasteiger partial charge in [0.2, 0.25) is 0 Å². The number of Topliss-reactive ketones (excluding diaryl/α,β-unsaturated/α-hetero) is 1. The Balaban J connectivity index is 0.000000461. The van der Waals surface area contributed by atoms with Crippen LogP contribution in [-0.4, -0.2) is 17.0 Å². The van der Waals surface area contributed by atoms with E-state index in [4.69, 9.17) is 0 Å². The van der Waals surface area contributed by atoms with E-state index in [1.165, 1.54) is 0 Å². The summed E-state index contributed by atoms with van der Waals surface area (Å²) in [5.41, 5.74) is 0.147. The Morgan fingerprint density at radius 1 is 1.21 bits per heavy atom. The number of hydrogen-bond acceptors (Lipinski definition) is 2. The summed E-state index contributed by atoms with van der Waals surface area (Å²) in [7, 11) is 0. The van der Waals surface area contributed by atoms with Crippen molar-refractivity contribution in [1.82, 2.24) is 0 Å². The number of rotatable bonds is 0. The first-order valence-electron chi connectivity index (χ1n) is 5.43. The van der Waals surface area contributed by atoms with Crippen LogP contribution in [0.2, 0.25) is 0 Å². The summed E-state index contributed by atoms with van der Waals surface area (Å²) < 4.78 is 0. The van der Waals surface area contributed by atoms with Crippen molar-refractivity contribution >= 4 is 5.78 Å². The van der Waals surface area contributed by atoms with Crippen LogP contribution in [0.5, 0.6) is 0 Å². The van der Waals surface area contributed by atoms with Gasteiger partial charge >= 0.3 is 0 Å². The van der Waals surface area contributed by atoms with Gasteiger partial charge in [0.05, 0.1) is 6.10 Å². The molecule has 0 aromatic rings. The molecule has 2 saturated carbocycles. The van der Waals surface area contributed by atoms with Gasteiger partial charge in [0.1, 0.15) is 5.78 Å². The minimum atomic E-state index is -0.120. The fraction of sp³-hybridized carbons (Fsp3) is 0.750. The molecule has 2 rings (SSSR count). The van der Waals surface area contributed by atoms with Gasteiger partial charge in [-0.2, -0.15) is 0 Å². The first kappa shape index (κ1) is 11.4. The third-order valence-electron chi connectivity index (χ3n) is 3.66. The van der Waals surface area contributed by atoms with Crippen LogP contribution in [-0.2, 0) is 4.79 Å². The number of carbonyl (C=O) groups excluding carboxylic acids is 1. The fourth-order valence-corrected chi connectivity index (χ4v) is 2.73. The van der Waals surface area contributed by atoms with Crippen LogP contribution in [0.3, 0.4) is 0 Å². The highest BCUT2D eigenvalue weighted by Crippen LogP contribution is 2.48. The third kappa shape index (κ3) is 2.06. The largest absolute Gasteiger partial charge is 0.393 e. The molecule has 2 heteroatoms. The Morgan fingerprint density at radius 3 is 2.21 bits per heavy atom. The predicted octanol–water partition coefficient (Wildman–Crippen LogP) is 2.46. The van der Waals surface area contributed by atoms with E-state index in [1.807, 2.05) is 0 Å². The maximum atomic E-state index is 11.0. The van der Waals surface area contributed by atoms with Crippen LogP contribution >= 0.6 is 0 Å². The monoisotopic (exact) mass is 196 g/mol. The summed E-state index contributed by atoms with van der Waals surface area (Å²) >= 11 is 0. The maximum Gasteiger partial charge on any atom is 0.132 e. The van der Waals surface area contributed by atoms with Crippen molar-refractivity contribution in [1.29, 1.82) is 0 Å². The molecular weight excluding hydrogens is 176 g/mol. The van der Waals surface area contributed by atoms with Gasteiger partial charge in [0.15, 0.2) is 0 Å². The standard InChI is InChI=1S/C10H16O2.C2H4/c11-8-3-6-10(7-4-8)5-1-2-9(10)12;1-2/h9,12H,1-7H2;1-2H2. The molecule has 0 aromatic carbocycles. The first-order chi connectivity index (χ1) is 6.73. The van der Waals surface area contributed by atoms with Crippen molar-refractivity contribution in [2.45, 2.75) is 51.0 Å². The average molecular weight is 196 g/mol. The van der Waals surface area contributed by atoms with Crippen molar-refractivity contribution in [2.75, 3.05) is 0 Å². The molecule has 0 aliphatic heterocycles. The van der Waals surface area contributed by atoms with Gasteiger partial charge in [-0.3, -0.25) is 4.79 Å². The first-order valence-corrected chi connectivity index (χ1v) is 5.43. The van der Waals surface area contributed by atoms with Gasteiger partial charge in [0.25, 0.3) is 0 Å². The van der Waals surface area contributed by atoms with Crippen LogP contribution in [0, 0.1) is 5.41 Å². The van der Waals surface area contributed by atoms with Crippen LogP contribution in [0.1, 0.15) is 44.9 Å². The smallest absolute Gasteiger partial charge is 0.132 e. The van der Waals surface area contributed by atoms with E-state index in [-0.39, 0.29) is 11.5 Å². The van der Waals surface area contributed by atoms with E-state index in [2.05, 4.69) is 13.2 Å². The molecule has 0 bridgehead atoms. The molecule has 2 aliphatic rings. The Hall–Kier alpha value is -0.630. The predicted molar refractivity (Wildman–Crippen MR) is 57.0 cm³/mol. The van der Waals surface area contributed by atoms with Gasteiger partial charge in [-0.15, -0.1) is 13.2 Å². The molecule has 1 atom stereocenters. The number of hydrogen-bond donors (Lipinski definition) is 1. The Labute approximate surface area is 86.0 Å². The third-order valence-corrected chi connectivity index (χ3v) is 3.66. The maximum absolute atomic E-state index is 11.0. The second-order valence-electron chi connectivity index (χ2n) is 4.31. The van der Waals surface area contributed by atoms with E-state index in [1.54, 1.807) is 0 Å². The highest BCUT2D eigenvalue weighted by atomic mass is 16.3. The van der Waals surface area contributed by atoms with Gasteiger partial charge in [0, 0.05) is 12.8 Å². The lowest BCUT2D eigenvalue weighted by Crippen LogP contribution is -2.34. The molecule has 14 heavy (non-hydrogen) atoms. The SMILES string of the molecule is C=C.O=C1CCC2(CCCC2O)CC1. The molecule has 0 saturated heterocycles. The van der Waals surface area contributed by atoms with Gasteiger partial charge < -0.3 is 5.11 Å². The average Bonchev–Trinajstić information content (AvgIpc) is 2.57. The minimum absolute atomic E-state index is 0.120. The van der Waals surface area contributed by atoms with Crippen LogP contribution in [0.25, 0.3) is 0 Å². The zero-order valence-electron chi connectivity index (χ0n) is 8.80. The fourth-order valence-electron chi connectivity index (χ4n) is 2.73.